The standard InChI is InChI=1S/C13H14N2O2S/c1-8-4-2-5-9-11(8)18-13(14-9)15-7-3-6-10(15)12(16)17/h2,4-5,10H,3,6-7H2,1H3,(H,16,17). The van der Waals surface area contributed by atoms with Gasteiger partial charge in [0.2, 0.25) is 0 Å². The van der Waals surface area contributed by atoms with E-state index in [4.69, 9.17) is 0 Å². The number of thiazole rings is 1. The molecule has 2 aromatic rings. The summed E-state index contributed by atoms with van der Waals surface area (Å²) >= 11 is 1.59. The van der Waals surface area contributed by atoms with Crippen LogP contribution in [0, 0.1) is 6.92 Å². The summed E-state index contributed by atoms with van der Waals surface area (Å²) in [4.78, 5) is 17.7. The smallest absolute Gasteiger partial charge is 0.326 e. The minimum atomic E-state index is -0.747. The predicted molar refractivity (Wildman–Crippen MR) is 72.4 cm³/mol. The zero-order valence-corrected chi connectivity index (χ0v) is 10.9. The molecule has 1 aromatic heterocycles. The lowest BCUT2D eigenvalue weighted by Crippen LogP contribution is -2.35. The molecule has 0 bridgehead atoms. The van der Waals surface area contributed by atoms with Crippen molar-refractivity contribution in [1.29, 1.82) is 0 Å². The van der Waals surface area contributed by atoms with Crippen LogP contribution in [0.2, 0.25) is 0 Å². The number of carboxylic acid groups (broad SMARTS) is 1. The summed E-state index contributed by atoms with van der Waals surface area (Å²) in [6.07, 6.45) is 1.64. The van der Waals surface area contributed by atoms with Crippen molar-refractivity contribution in [1.82, 2.24) is 4.98 Å². The number of carboxylic acids is 1. The van der Waals surface area contributed by atoms with Crippen LogP contribution in [-0.4, -0.2) is 28.6 Å². The molecule has 4 nitrogen and oxygen atoms in total. The lowest BCUT2D eigenvalue weighted by atomic mass is 10.2. The van der Waals surface area contributed by atoms with E-state index in [0.29, 0.717) is 6.42 Å². The maximum Gasteiger partial charge on any atom is 0.326 e. The Morgan fingerprint density at radius 1 is 1.56 bits per heavy atom. The zero-order valence-electron chi connectivity index (χ0n) is 10.1. The van der Waals surface area contributed by atoms with Gasteiger partial charge >= 0.3 is 5.97 Å². The van der Waals surface area contributed by atoms with Crippen LogP contribution in [0.15, 0.2) is 18.2 Å². The van der Waals surface area contributed by atoms with Gasteiger partial charge < -0.3 is 10.0 Å². The van der Waals surface area contributed by atoms with Crippen molar-refractivity contribution in [2.75, 3.05) is 11.4 Å². The van der Waals surface area contributed by atoms with Crippen LogP contribution in [0.1, 0.15) is 18.4 Å². The van der Waals surface area contributed by atoms with Crippen molar-refractivity contribution >= 4 is 32.7 Å². The summed E-state index contributed by atoms with van der Waals surface area (Å²) in [6, 6.07) is 5.61. The fourth-order valence-electron chi connectivity index (χ4n) is 2.45. The van der Waals surface area contributed by atoms with E-state index in [1.54, 1.807) is 11.3 Å². The van der Waals surface area contributed by atoms with Crippen LogP contribution in [0.25, 0.3) is 10.2 Å². The van der Waals surface area contributed by atoms with E-state index < -0.39 is 12.0 Å². The van der Waals surface area contributed by atoms with Crippen LogP contribution in [0.3, 0.4) is 0 Å². The third kappa shape index (κ3) is 1.75. The van der Waals surface area contributed by atoms with E-state index in [9.17, 15) is 9.90 Å². The summed E-state index contributed by atoms with van der Waals surface area (Å²) in [5.41, 5.74) is 2.16. The van der Waals surface area contributed by atoms with Gasteiger partial charge in [-0.3, -0.25) is 0 Å². The van der Waals surface area contributed by atoms with Crippen molar-refractivity contribution < 1.29 is 9.90 Å². The van der Waals surface area contributed by atoms with E-state index in [2.05, 4.69) is 18.0 Å². The number of hydrogen-bond acceptors (Lipinski definition) is 4. The second-order valence-electron chi connectivity index (χ2n) is 4.61. The minimum absolute atomic E-state index is 0.411. The summed E-state index contributed by atoms with van der Waals surface area (Å²) in [5.74, 6) is -0.747. The number of fused-ring (bicyclic) bond motifs is 1. The third-order valence-corrected chi connectivity index (χ3v) is 4.63. The molecule has 0 aliphatic carbocycles. The monoisotopic (exact) mass is 262 g/mol. The molecular weight excluding hydrogens is 248 g/mol. The average molecular weight is 262 g/mol. The van der Waals surface area contributed by atoms with Crippen LogP contribution in [0.4, 0.5) is 5.13 Å². The summed E-state index contributed by atoms with van der Waals surface area (Å²) in [7, 11) is 0. The quantitative estimate of drug-likeness (QED) is 0.904. The minimum Gasteiger partial charge on any atom is -0.480 e. The van der Waals surface area contributed by atoms with Crippen LogP contribution >= 0.6 is 11.3 Å². The number of benzene rings is 1. The van der Waals surface area contributed by atoms with Gasteiger partial charge in [0.1, 0.15) is 6.04 Å². The van der Waals surface area contributed by atoms with Gasteiger partial charge in [0.15, 0.2) is 5.13 Å². The first-order valence-corrected chi connectivity index (χ1v) is 6.84. The first-order valence-electron chi connectivity index (χ1n) is 6.02. The molecule has 94 valence electrons. The van der Waals surface area contributed by atoms with E-state index in [-0.39, 0.29) is 0 Å². The molecule has 1 fully saturated rings. The normalized spacial score (nSPS) is 19.6. The van der Waals surface area contributed by atoms with Gasteiger partial charge in [-0.05, 0) is 31.4 Å². The molecule has 1 N–H and O–H groups in total. The average Bonchev–Trinajstić information content (AvgIpc) is 2.95. The molecule has 18 heavy (non-hydrogen) atoms. The highest BCUT2D eigenvalue weighted by Crippen LogP contribution is 2.34. The highest BCUT2D eigenvalue weighted by molar-refractivity contribution is 7.22. The fraction of sp³-hybridized carbons (Fsp3) is 0.385. The maximum atomic E-state index is 11.2. The zero-order chi connectivity index (χ0) is 12.7. The summed E-state index contributed by atoms with van der Waals surface area (Å²) in [5, 5.41) is 10.0. The third-order valence-electron chi connectivity index (χ3n) is 3.38. The van der Waals surface area contributed by atoms with Crippen molar-refractivity contribution in [2.45, 2.75) is 25.8 Å². The Morgan fingerprint density at radius 2 is 2.39 bits per heavy atom. The molecule has 0 spiro atoms. The fourth-order valence-corrected chi connectivity index (χ4v) is 3.56. The predicted octanol–water partition coefficient (Wildman–Crippen LogP) is 2.66. The maximum absolute atomic E-state index is 11.2. The lowest BCUT2D eigenvalue weighted by Gasteiger charge is -2.19. The van der Waals surface area contributed by atoms with Gasteiger partial charge in [-0.1, -0.05) is 23.5 Å². The van der Waals surface area contributed by atoms with Crippen molar-refractivity contribution in [3.63, 3.8) is 0 Å². The van der Waals surface area contributed by atoms with Gasteiger partial charge in [-0.15, -0.1) is 0 Å². The van der Waals surface area contributed by atoms with Gasteiger partial charge in [0.05, 0.1) is 10.2 Å². The number of carbonyl (C=O) groups is 1. The first kappa shape index (κ1) is 11.5. The largest absolute Gasteiger partial charge is 0.480 e. The van der Waals surface area contributed by atoms with E-state index in [1.807, 2.05) is 17.0 Å². The number of anilines is 1. The molecule has 5 heteroatoms. The van der Waals surface area contributed by atoms with E-state index in [1.165, 1.54) is 5.56 Å². The molecule has 1 saturated heterocycles. The highest BCUT2D eigenvalue weighted by Gasteiger charge is 2.32. The number of hydrogen-bond donors (Lipinski definition) is 1. The Kier molecular flexibility index (Phi) is 2.70. The Bertz CT molecular complexity index is 608. The second kappa shape index (κ2) is 4.24. The topological polar surface area (TPSA) is 53.4 Å². The molecule has 0 amide bonds. The number of aromatic nitrogens is 1. The van der Waals surface area contributed by atoms with Crippen LogP contribution < -0.4 is 4.90 Å². The summed E-state index contributed by atoms with van der Waals surface area (Å²) < 4.78 is 1.16. The van der Waals surface area contributed by atoms with Crippen LogP contribution in [0.5, 0.6) is 0 Å². The molecule has 1 aromatic carbocycles. The lowest BCUT2D eigenvalue weighted by molar-refractivity contribution is -0.138. The van der Waals surface area contributed by atoms with Gasteiger partial charge in [0, 0.05) is 6.54 Å². The summed E-state index contributed by atoms with van der Waals surface area (Å²) in [6.45, 7) is 2.85. The molecule has 1 aliphatic rings. The Hall–Kier alpha value is -1.62. The van der Waals surface area contributed by atoms with Gasteiger partial charge in [0.25, 0.3) is 0 Å². The second-order valence-corrected chi connectivity index (χ2v) is 5.59. The van der Waals surface area contributed by atoms with Gasteiger partial charge in [-0.25, -0.2) is 9.78 Å². The Morgan fingerprint density at radius 3 is 3.11 bits per heavy atom. The van der Waals surface area contributed by atoms with Crippen molar-refractivity contribution in [3.8, 4) is 0 Å². The van der Waals surface area contributed by atoms with E-state index in [0.717, 1.165) is 28.3 Å². The number of aryl methyl sites for hydroxylation is 1. The number of aliphatic carboxylic acids is 1. The number of rotatable bonds is 2. The first-order chi connectivity index (χ1) is 8.66. The Balaban J connectivity index is 2.04. The Labute approximate surface area is 109 Å². The van der Waals surface area contributed by atoms with Crippen molar-refractivity contribution in [3.05, 3.63) is 23.8 Å². The van der Waals surface area contributed by atoms with Gasteiger partial charge in [-0.2, -0.15) is 0 Å². The molecule has 3 rings (SSSR count). The number of nitrogens with zero attached hydrogens (tertiary/aromatic N) is 2. The molecule has 1 atom stereocenters. The SMILES string of the molecule is Cc1cccc2nc(N3CCCC3C(=O)O)sc12. The molecule has 0 saturated carbocycles. The highest BCUT2D eigenvalue weighted by atomic mass is 32.1. The molecule has 0 radical (unpaired) electrons. The van der Waals surface area contributed by atoms with E-state index >= 15 is 0 Å². The molecule has 2 heterocycles. The molecule has 1 aliphatic heterocycles. The molecular formula is C13H14N2O2S. The molecule has 1 unspecified atom stereocenters. The van der Waals surface area contributed by atoms with Crippen LogP contribution in [-0.2, 0) is 4.79 Å². The van der Waals surface area contributed by atoms with Crippen molar-refractivity contribution in [2.24, 2.45) is 0 Å².